The molecular formula is C8H12. The molecule has 0 heterocycles. The first-order valence-electron chi connectivity index (χ1n) is 2.82. The summed E-state index contributed by atoms with van der Waals surface area (Å²) in [5, 5.41) is 0. The van der Waals surface area contributed by atoms with Crippen LogP contribution in [0.4, 0.5) is 0 Å². The number of hydrogen-bond acceptors (Lipinski definition) is 0. The largest absolute Gasteiger partial charge is 0.0877 e. The summed E-state index contributed by atoms with van der Waals surface area (Å²) >= 11 is 0. The third kappa shape index (κ3) is 5.22. The van der Waals surface area contributed by atoms with E-state index in [0.717, 1.165) is 0 Å². The van der Waals surface area contributed by atoms with Crippen molar-refractivity contribution in [3.8, 4) is 0 Å². The lowest BCUT2D eigenvalue weighted by Crippen LogP contribution is -1.46. The summed E-state index contributed by atoms with van der Waals surface area (Å²) in [6.07, 6.45) is 12.0. The maximum absolute atomic E-state index is 2.00. The van der Waals surface area contributed by atoms with Gasteiger partial charge in [0.15, 0.2) is 0 Å². The molecule has 0 fully saturated rings. The van der Waals surface area contributed by atoms with Crippen LogP contribution in [-0.2, 0) is 0 Å². The second-order valence-electron chi connectivity index (χ2n) is 1.44. The molecule has 0 aliphatic rings. The van der Waals surface area contributed by atoms with Gasteiger partial charge in [0, 0.05) is 0 Å². The molecule has 0 N–H and O–H groups in total. The summed E-state index contributed by atoms with van der Waals surface area (Å²) in [7, 11) is 0. The number of rotatable bonds is 2. The van der Waals surface area contributed by atoms with Gasteiger partial charge in [-0.25, -0.2) is 0 Å². The van der Waals surface area contributed by atoms with Crippen LogP contribution in [0.3, 0.4) is 0 Å². The van der Waals surface area contributed by atoms with Crippen molar-refractivity contribution in [2.45, 2.75) is 13.8 Å². The standard InChI is InChI=1S/C8H12/c1-3-5-7-8-6-4-2/h3-8H,1-2H3/b5-3-,6-4+,8-7+. The second kappa shape index (κ2) is 6.22. The molecule has 44 valence electrons. The Bertz CT molecular complexity index is 91.2. The highest BCUT2D eigenvalue weighted by atomic mass is 13.6. The molecule has 0 aromatic carbocycles. The first kappa shape index (κ1) is 7.22. The third-order valence-electron chi connectivity index (χ3n) is 0.718. The van der Waals surface area contributed by atoms with E-state index in [-0.39, 0.29) is 0 Å². The molecule has 0 aliphatic carbocycles. The van der Waals surface area contributed by atoms with Gasteiger partial charge in [-0.2, -0.15) is 0 Å². The summed E-state index contributed by atoms with van der Waals surface area (Å²) < 4.78 is 0. The van der Waals surface area contributed by atoms with Crippen molar-refractivity contribution in [2.75, 3.05) is 0 Å². The zero-order valence-corrected chi connectivity index (χ0v) is 5.46. The summed E-state index contributed by atoms with van der Waals surface area (Å²) in [5.74, 6) is 0. The Morgan fingerprint density at radius 1 is 0.625 bits per heavy atom. The molecule has 8 heavy (non-hydrogen) atoms. The van der Waals surface area contributed by atoms with Gasteiger partial charge in [-0.3, -0.25) is 0 Å². The van der Waals surface area contributed by atoms with Gasteiger partial charge in [0.05, 0.1) is 0 Å². The minimum Gasteiger partial charge on any atom is -0.0877 e. The summed E-state index contributed by atoms with van der Waals surface area (Å²) in [5.41, 5.74) is 0. The van der Waals surface area contributed by atoms with Crippen LogP contribution in [0.2, 0.25) is 0 Å². The molecule has 0 radical (unpaired) electrons. The average molecular weight is 108 g/mol. The minimum atomic E-state index is 2.00. The van der Waals surface area contributed by atoms with Gasteiger partial charge in [0.25, 0.3) is 0 Å². The molecule has 0 amide bonds. The lowest BCUT2D eigenvalue weighted by atomic mass is 10.4. The van der Waals surface area contributed by atoms with E-state index in [0.29, 0.717) is 0 Å². The monoisotopic (exact) mass is 108 g/mol. The van der Waals surface area contributed by atoms with Gasteiger partial charge in [-0.1, -0.05) is 36.5 Å². The van der Waals surface area contributed by atoms with Gasteiger partial charge >= 0.3 is 0 Å². The van der Waals surface area contributed by atoms with Gasteiger partial charge in [0.2, 0.25) is 0 Å². The first-order valence-corrected chi connectivity index (χ1v) is 2.82. The summed E-state index contributed by atoms with van der Waals surface area (Å²) in [6.45, 7) is 4.00. The van der Waals surface area contributed by atoms with Crippen LogP contribution in [0.15, 0.2) is 36.5 Å². The minimum absolute atomic E-state index is 2.00. The Morgan fingerprint density at radius 2 is 1.00 bits per heavy atom. The number of allylic oxidation sites excluding steroid dienone is 6. The molecule has 0 unspecified atom stereocenters. The normalized spacial score (nSPS) is 12.8. The van der Waals surface area contributed by atoms with Crippen LogP contribution in [-0.4, -0.2) is 0 Å². The van der Waals surface area contributed by atoms with E-state index in [9.17, 15) is 0 Å². The van der Waals surface area contributed by atoms with Gasteiger partial charge in [0.1, 0.15) is 0 Å². The zero-order chi connectivity index (χ0) is 6.24. The third-order valence-corrected chi connectivity index (χ3v) is 0.718. The lowest BCUT2D eigenvalue weighted by molar-refractivity contribution is 1.71. The second-order valence-corrected chi connectivity index (χ2v) is 1.44. The van der Waals surface area contributed by atoms with Crippen molar-refractivity contribution in [2.24, 2.45) is 0 Å². The smallest absolute Gasteiger partial charge is 0.0467 e. The molecule has 0 heteroatoms. The Hall–Kier alpha value is -0.780. The van der Waals surface area contributed by atoms with Gasteiger partial charge < -0.3 is 0 Å². The van der Waals surface area contributed by atoms with Crippen LogP contribution < -0.4 is 0 Å². The summed E-state index contributed by atoms with van der Waals surface area (Å²) in [4.78, 5) is 0. The van der Waals surface area contributed by atoms with E-state index in [1.165, 1.54) is 0 Å². The van der Waals surface area contributed by atoms with E-state index in [4.69, 9.17) is 0 Å². The Labute approximate surface area is 51.2 Å². The van der Waals surface area contributed by atoms with Crippen molar-refractivity contribution in [3.63, 3.8) is 0 Å². The molecular weight excluding hydrogens is 96.1 g/mol. The zero-order valence-electron chi connectivity index (χ0n) is 5.46. The lowest BCUT2D eigenvalue weighted by Gasteiger charge is -1.68. The van der Waals surface area contributed by atoms with Crippen LogP contribution in [0, 0.1) is 0 Å². The predicted molar refractivity (Wildman–Crippen MR) is 38.8 cm³/mol. The molecule has 0 nitrogen and oxygen atoms in total. The molecule has 0 aliphatic heterocycles. The fourth-order valence-electron chi connectivity index (χ4n) is 0.351. The maximum Gasteiger partial charge on any atom is -0.0467 e. The van der Waals surface area contributed by atoms with Gasteiger partial charge in [-0.05, 0) is 13.8 Å². The molecule has 0 saturated heterocycles. The fourth-order valence-corrected chi connectivity index (χ4v) is 0.351. The quantitative estimate of drug-likeness (QED) is 0.477. The van der Waals surface area contributed by atoms with Crippen LogP contribution >= 0.6 is 0 Å². The highest BCUT2D eigenvalue weighted by Gasteiger charge is 1.55. The molecule has 0 bridgehead atoms. The van der Waals surface area contributed by atoms with E-state index in [1.807, 2.05) is 50.3 Å². The van der Waals surface area contributed by atoms with Crippen molar-refractivity contribution in [3.05, 3.63) is 36.5 Å². The highest BCUT2D eigenvalue weighted by molar-refractivity contribution is 5.09. The van der Waals surface area contributed by atoms with Crippen molar-refractivity contribution < 1.29 is 0 Å². The SMILES string of the molecule is C\C=C/C=C/C=C/C. The Morgan fingerprint density at radius 3 is 1.25 bits per heavy atom. The Kier molecular flexibility index (Phi) is 5.61. The maximum atomic E-state index is 2.00. The predicted octanol–water partition coefficient (Wildman–Crippen LogP) is 2.69. The van der Waals surface area contributed by atoms with Crippen molar-refractivity contribution in [1.82, 2.24) is 0 Å². The summed E-state index contributed by atoms with van der Waals surface area (Å²) in [6, 6.07) is 0. The molecule has 0 spiro atoms. The molecule has 0 rings (SSSR count). The van der Waals surface area contributed by atoms with Crippen molar-refractivity contribution in [1.29, 1.82) is 0 Å². The molecule has 0 aromatic rings. The fraction of sp³-hybridized carbons (Fsp3) is 0.250. The van der Waals surface area contributed by atoms with E-state index < -0.39 is 0 Å². The van der Waals surface area contributed by atoms with Gasteiger partial charge in [-0.15, -0.1) is 0 Å². The van der Waals surface area contributed by atoms with E-state index >= 15 is 0 Å². The number of hydrogen-bond donors (Lipinski definition) is 0. The van der Waals surface area contributed by atoms with Crippen LogP contribution in [0.1, 0.15) is 13.8 Å². The molecule has 0 saturated carbocycles. The topological polar surface area (TPSA) is 0 Å². The van der Waals surface area contributed by atoms with E-state index in [1.54, 1.807) is 0 Å². The highest BCUT2D eigenvalue weighted by Crippen LogP contribution is 1.77. The van der Waals surface area contributed by atoms with Crippen LogP contribution in [0.5, 0.6) is 0 Å². The van der Waals surface area contributed by atoms with E-state index in [2.05, 4.69) is 0 Å². The molecule has 0 atom stereocenters. The molecule has 0 aromatic heterocycles. The van der Waals surface area contributed by atoms with Crippen molar-refractivity contribution >= 4 is 0 Å². The Balaban J connectivity index is 3.35. The average Bonchev–Trinajstić information content (AvgIpc) is 1.81. The van der Waals surface area contributed by atoms with Crippen LogP contribution in [0.25, 0.3) is 0 Å². The first-order chi connectivity index (χ1) is 3.91.